The first-order chi connectivity index (χ1) is 9.28. The van der Waals surface area contributed by atoms with Crippen molar-refractivity contribution in [1.82, 2.24) is 4.98 Å². The summed E-state index contributed by atoms with van der Waals surface area (Å²) in [7, 11) is 0. The fourth-order valence-electron chi connectivity index (χ4n) is 2.06. The third kappa shape index (κ3) is 2.48. The largest absolute Gasteiger partial charge is 0.454 e. The van der Waals surface area contributed by atoms with Crippen molar-refractivity contribution in [2.24, 2.45) is 0 Å². The number of aromatic nitrogens is 1. The fourth-order valence-corrected chi connectivity index (χ4v) is 3.09. The van der Waals surface area contributed by atoms with Gasteiger partial charge >= 0.3 is 0 Å². The molecular weight excluding hydrogens is 262 g/mol. The summed E-state index contributed by atoms with van der Waals surface area (Å²) in [5.41, 5.74) is 0. The number of hydrogen-bond donors (Lipinski definition) is 1. The molecule has 5 heteroatoms. The predicted molar refractivity (Wildman–Crippen MR) is 74.9 cm³/mol. The molecule has 1 aromatic heterocycles. The molecular formula is C14H15NO3S. The van der Waals surface area contributed by atoms with Crippen molar-refractivity contribution in [2.75, 3.05) is 13.4 Å². The SMILES string of the molecule is CC(CCO)Sc1nccc2cc3c(cc12)OCO3. The number of rotatable bonds is 4. The number of thioether (sulfide) groups is 1. The third-order valence-corrected chi connectivity index (χ3v) is 4.26. The summed E-state index contributed by atoms with van der Waals surface area (Å²) in [5, 5.41) is 12.4. The van der Waals surface area contributed by atoms with E-state index in [1.54, 1.807) is 18.0 Å². The molecule has 19 heavy (non-hydrogen) atoms. The Morgan fingerprint density at radius 3 is 2.95 bits per heavy atom. The maximum absolute atomic E-state index is 8.98. The minimum Gasteiger partial charge on any atom is -0.454 e. The fraction of sp³-hybridized carbons (Fsp3) is 0.357. The lowest BCUT2D eigenvalue weighted by Gasteiger charge is -2.11. The highest BCUT2D eigenvalue weighted by Gasteiger charge is 2.16. The monoisotopic (exact) mass is 277 g/mol. The maximum atomic E-state index is 8.98. The van der Waals surface area contributed by atoms with E-state index in [0.29, 0.717) is 5.25 Å². The van der Waals surface area contributed by atoms with Crippen LogP contribution in [-0.2, 0) is 0 Å². The van der Waals surface area contributed by atoms with Crippen LogP contribution < -0.4 is 9.47 Å². The smallest absolute Gasteiger partial charge is 0.231 e. The van der Waals surface area contributed by atoms with Gasteiger partial charge in [0.05, 0.1) is 0 Å². The van der Waals surface area contributed by atoms with Gasteiger partial charge < -0.3 is 14.6 Å². The highest BCUT2D eigenvalue weighted by Crippen LogP contribution is 2.39. The summed E-state index contributed by atoms with van der Waals surface area (Å²) in [6.45, 7) is 2.57. The summed E-state index contributed by atoms with van der Waals surface area (Å²) < 4.78 is 10.8. The van der Waals surface area contributed by atoms with E-state index in [9.17, 15) is 0 Å². The number of nitrogens with zero attached hydrogens (tertiary/aromatic N) is 1. The second-order valence-corrected chi connectivity index (χ2v) is 5.91. The number of benzene rings is 1. The maximum Gasteiger partial charge on any atom is 0.231 e. The van der Waals surface area contributed by atoms with Crippen LogP contribution in [0, 0.1) is 0 Å². The van der Waals surface area contributed by atoms with E-state index in [2.05, 4.69) is 11.9 Å². The Bertz CT molecular complexity index is 603. The molecule has 0 saturated heterocycles. The van der Waals surface area contributed by atoms with Gasteiger partial charge in [-0.3, -0.25) is 0 Å². The van der Waals surface area contributed by atoms with Crippen molar-refractivity contribution >= 4 is 22.5 Å². The number of aliphatic hydroxyl groups excluding tert-OH is 1. The van der Waals surface area contributed by atoms with E-state index in [1.807, 2.05) is 18.2 Å². The molecule has 3 rings (SSSR count). The van der Waals surface area contributed by atoms with E-state index in [1.165, 1.54) is 0 Å². The summed E-state index contributed by atoms with van der Waals surface area (Å²) in [6, 6.07) is 5.94. The van der Waals surface area contributed by atoms with E-state index in [4.69, 9.17) is 14.6 Å². The molecule has 4 nitrogen and oxygen atoms in total. The molecule has 1 aliphatic rings. The lowest BCUT2D eigenvalue weighted by atomic mass is 10.1. The zero-order valence-electron chi connectivity index (χ0n) is 10.6. The third-order valence-electron chi connectivity index (χ3n) is 3.07. The van der Waals surface area contributed by atoms with Gasteiger partial charge in [0.1, 0.15) is 5.03 Å². The van der Waals surface area contributed by atoms with Crippen LogP contribution in [0.5, 0.6) is 11.5 Å². The van der Waals surface area contributed by atoms with Gasteiger partial charge in [0.15, 0.2) is 11.5 Å². The normalized spacial score (nSPS) is 14.8. The molecule has 0 aliphatic carbocycles. The van der Waals surface area contributed by atoms with Crippen LogP contribution in [0.1, 0.15) is 13.3 Å². The molecule has 2 heterocycles. The summed E-state index contributed by atoms with van der Waals surface area (Å²) >= 11 is 1.68. The molecule has 2 aromatic rings. The Labute approximate surface area is 115 Å². The average Bonchev–Trinajstić information content (AvgIpc) is 2.84. The van der Waals surface area contributed by atoms with Gasteiger partial charge in [-0.25, -0.2) is 4.98 Å². The van der Waals surface area contributed by atoms with Gasteiger partial charge in [-0.15, -0.1) is 11.8 Å². The van der Waals surface area contributed by atoms with Crippen LogP contribution in [0.2, 0.25) is 0 Å². The second-order valence-electron chi connectivity index (χ2n) is 4.48. The van der Waals surface area contributed by atoms with E-state index >= 15 is 0 Å². The molecule has 1 N–H and O–H groups in total. The topological polar surface area (TPSA) is 51.6 Å². The summed E-state index contributed by atoms with van der Waals surface area (Å²) in [6.07, 6.45) is 2.56. The van der Waals surface area contributed by atoms with E-state index in [0.717, 1.165) is 33.7 Å². The van der Waals surface area contributed by atoms with Crippen LogP contribution in [0.4, 0.5) is 0 Å². The van der Waals surface area contributed by atoms with Crippen molar-refractivity contribution in [3.63, 3.8) is 0 Å². The highest BCUT2D eigenvalue weighted by molar-refractivity contribution is 8.00. The lowest BCUT2D eigenvalue weighted by molar-refractivity contribution is 0.174. The number of fused-ring (bicyclic) bond motifs is 2. The Kier molecular flexibility index (Phi) is 3.48. The van der Waals surface area contributed by atoms with E-state index < -0.39 is 0 Å². The Hall–Kier alpha value is -1.46. The van der Waals surface area contributed by atoms with Crippen LogP contribution in [0.25, 0.3) is 10.8 Å². The van der Waals surface area contributed by atoms with E-state index in [-0.39, 0.29) is 13.4 Å². The first-order valence-electron chi connectivity index (χ1n) is 6.24. The quantitative estimate of drug-likeness (QED) is 0.871. The standard InChI is InChI=1S/C14H15NO3S/c1-9(3-5-16)19-14-11-7-13-12(17-8-18-13)6-10(11)2-4-15-14/h2,4,6-7,9,16H,3,5,8H2,1H3. The molecule has 0 bridgehead atoms. The number of aliphatic hydroxyl groups is 1. The summed E-state index contributed by atoms with van der Waals surface area (Å²) in [5.74, 6) is 1.57. The minimum absolute atomic E-state index is 0.200. The van der Waals surface area contributed by atoms with Crippen molar-refractivity contribution < 1.29 is 14.6 Å². The van der Waals surface area contributed by atoms with Crippen LogP contribution in [0.3, 0.4) is 0 Å². The van der Waals surface area contributed by atoms with Crippen molar-refractivity contribution in [1.29, 1.82) is 0 Å². The second kappa shape index (κ2) is 5.27. The predicted octanol–water partition coefficient (Wildman–Crippen LogP) is 2.83. The molecule has 1 aliphatic heterocycles. The number of hydrogen-bond acceptors (Lipinski definition) is 5. The molecule has 0 amide bonds. The van der Waals surface area contributed by atoms with Crippen LogP contribution in [-0.4, -0.2) is 28.7 Å². The van der Waals surface area contributed by atoms with Gasteiger partial charge in [0.2, 0.25) is 6.79 Å². The Balaban J connectivity index is 2.00. The first-order valence-corrected chi connectivity index (χ1v) is 7.12. The van der Waals surface area contributed by atoms with Crippen molar-refractivity contribution in [2.45, 2.75) is 23.6 Å². The first kappa shape index (κ1) is 12.6. The van der Waals surface area contributed by atoms with Gasteiger partial charge in [-0.1, -0.05) is 6.92 Å². The van der Waals surface area contributed by atoms with Gasteiger partial charge in [-0.05, 0) is 30.0 Å². The van der Waals surface area contributed by atoms with Crippen LogP contribution >= 0.6 is 11.8 Å². The average molecular weight is 277 g/mol. The zero-order chi connectivity index (χ0) is 13.2. The molecule has 1 unspecified atom stereocenters. The van der Waals surface area contributed by atoms with Crippen LogP contribution in [0.15, 0.2) is 29.4 Å². The van der Waals surface area contributed by atoms with Gasteiger partial charge in [0.25, 0.3) is 0 Å². The molecule has 0 radical (unpaired) electrons. The molecule has 100 valence electrons. The lowest BCUT2D eigenvalue weighted by Crippen LogP contribution is -2.00. The summed E-state index contributed by atoms with van der Waals surface area (Å²) in [4.78, 5) is 4.44. The molecule has 1 aromatic carbocycles. The molecule has 0 saturated carbocycles. The molecule has 1 atom stereocenters. The van der Waals surface area contributed by atoms with Crippen molar-refractivity contribution in [3.8, 4) is 11.5 Å². The molecule has 0 spiro atoms. The minimum atomic E-state index is 0.200. The van der Waals surface area contributed by atoms with Gasteiger partial charge in [0, 0.05) is 23.4 Å². The Morgan fingerprint density at radius 1 is 1.37 bits per heavy atom. The zero-order valence-corrected chi connectivity index (χ0v) is 11.4. The van der Waals surface area contributed by atoms with Gasteiger partial charge in [-0.2, -0.15) is 0 Å². The molecule has 0 fully saturated rings. The Morgan fingerprint density at radius 2 is 2.16 bits per heavy atom. The number of pyridine rings is 1. The number of ether oxygens (including phenoxy) is 2. The van der Waals surface area contributed by atoms with Crippen molar-refractivity contribution in [3.05, 3.63) is 24.4 Å². The highest BCUT2D eigenvalue weighted by atomic mass is 32.2.